The summed E-state index contributed by atoms with van der Waals surface area (Å²) in [6.45, 7) is 4.12. The van der Waals surface area contributed by atoms with Crippen LogP contribution in [0.15, 0.2) is 12.4 Å². The third kappa shape index (κ3) is 2.66. The number of ether oxygens (including phenoxy) is 1. The Morgan fingerprint density at radius 2 is 2.35 bits per heavy atom. The molecule has 0 aromatic carbocycles. The van der Waals surface area contributed by atoms with Gasteiger partial charge >= 0.3 is 0 Å². The molecule has 2 rings (SSSR count). The minimum atomic E-state index is 0.319. The first kappa shape index (κ1) is 12.1. The number of hydrogen-bond acceptors (Lipinski definition) is 5. The molecule has 0 aliphatic carbocycles. The third-order valence-electron chi connectivity index (χ3n) is 3.48. The van der Waals surface area contributed by atoms with Crippen LogP contribution in [0.1, 0.15) is 19.8 Å². The van der Waals surface area contributed by atoms with Crippen LogP contribution in [0.4, 0.5) is 5.82 Å². The van der Waals surface area contributed by atoms with Crippen molar-refractivity contribution in [2.24, 2.45) is 11.7 Å². The lowest BCUT2D eigenvalue weighted by Gasteiger charge is -2.37. The first-order chi connectivity index (χ1) is 8.24. The Morgan fingerprint density at radius 1 is 1.53 bits per heavy atom. The van der Waals surface area contributed by atoms with Gasteiger partial charge in [-0.25, -0.2) is 9.97 Å². The highest BCUT2D eigenvalue weighted by molar-refractivity contribution is 5.41. The molecular formula is C12H20N4O. The van der Waals surface area contributed by atoms with Crippen molar-refractivity contribution in [2.75, 3.05) is 25.1 Å². The summed E-state index contributed by atoms with van der Waals surface area (Å²) in [5.74, 6) is 2.09. The largest absolute Gasteiger partial charge is 0.481 e. The van der Waals surface area contributed by atoms with Crippen LogP contribution in [-0.4, -0.2) is 36.2 Å². The molecule has 0 radical (unpaired) electrons. The highest BCUT2D eigenvalue weighted by Crippen LogP contribution is 2.24. The van der Waals surface area contributed by atoms with E-state index >= 15 is 0 Å². The lowest BCUT2D eigenvalue weighted by Crippen LogP contribution is -2.47. The van der Waals surface area contributed by atoms with Crippen LogP contribution in [0.5, 0.6) is 5.88 Å². The zero-order valence-corrected chi connectivity index (χ0v) is 10.5. The van der Waals surface area contributed by atoms with E-state index in [1.165, 1.54) is 0 Å². The van der Waals surface area contributed by atoms with E-state index in [1.54, 1.807) is 13.4 Å². The molecule has 2 unspecified atom stereocenters. The molecule has 5 nitrogen and oxygen atoms in total. The predicted octanol–water partition coefficient (Wildman–Crippen LogP) is 1.05. The summed E-state index contributed by atoms with van der Waals surface area (Å²) in [5, 5.41) is 0. The van der Waals surface area contributed by atoms with Crippen molar-refractivity contribution in [2.45, 2.75) is 25.8 Å². The Bertz CT molecular complexity index is 371. The van der Waals surface area contributed by atoms with Crippen molar-refractivity contribution in [1.82, 2.24) is 9.97 Å². The van der Waals surface area contributed by atoms with E-state index in [2.05, 4.69) is 21.8 Å². The van der Waals surface area contributed by atoms with Crippen molar-refractivity contribution in [3.8, 4) is 5.88 Å². The maximum Gasteiger partial charge on any atom is 0.218 e. The van der Waals surface area contributed by atoms with Gasteiger partial charge in [-0.05, 0) is 12.3 Å². The van der Waals surface area contributed by atoms with E-state index < -0.39 is 0 Å². The van der Waals surface area contributed by atoms with Crippen LogP contribution in [0, 0.1) is 5.92 Å². The van der Waals surface area contributed by atoms with Crippen molar-refractivity contribution >= 4 is 5.82 Å². The monoisotopic (exact) mass is 236 g/mol. The molecule has 1 aliphatic rings. The molecule has 2 heterocycles. The second-order valence-corrected chi connectivity index (χ2v) is 4.49. The Kier molecular flexibility index (Phi) is 3.78. The molecule has 1 aliphatic heterocycles. The standard InChI is InChI=1S/C12H20N4O/c1-3-9-7-16(5-4-10(9)13)11-6-12(17-2)15-8-14-11/h6,8-10H,3-5,7,13H2,1-2H3. The second-order valence-electron chi connectivity index (χ2n) is 4.49. The minimum absolute atomic E-state index is 0.319. The molecule has 2 N–H and O–H groups in total. The van der Waals surface area contributed by atoms with Crippen molar-refractivity contribution in [3.05, 3.63) is 12.4 Å². The van der Waals surface area contributed by atoms with E-state index in [0.717, 1.165) is 31.7 Å². The lowest BCUT2D eigenvalue weighted by molar-refractivity contribution is 0.346. The maximum atomic E-state index is 6.10. The van der Waals surface area contributed by atoms with Gasteiger partial charge in [-0.15, -0.1) is 0 Å². The van der Waals surface area contributed by atoms with E-state index in [4.69, 9.17) is 10.5 Å². The zero-order valence-electron chi connectivity index (χ0n) is 10.5. The molecule has 1 saturated heterocycles. The highest BCUT2D eigenvalue weighted by atomic mass is 16.5. The first-order valence-corrected chi connectivity index (χ1v) is 6.11. The van der Waals surface area contributed by atoms with Crippen molar-refractivity contribution in [3.63, 3.8) is 0 Å². The normalized spacial score (nSPS) is 24.8. The molecule has 0 spiro atoms. The molecule has 1 aromatic rings. The fraction of sp³-hybridized carbons (Fsp3) is 0.667. The summed E-state index contributed by atoms with van der Waals surface area (Å²) in [7, 11) is 1.62. The summed E-state index contributed by atoms with van der Waals surface area (Å²) in [6.07, 6.45) is 3.67. The summed E-state index contributed by atoms with van der Waals surface area (Å²) in [4.78, 5) is 10.6. The zero-order chi connectivity index (χ0) is 12.3. The minimum Gasteiger partial charge on any atom is -0.481 e. The topological polar surface area (TPSA) is 64.3 Å². The van der Waals surface area contributed by atoms with Gasteiger partial charge < -0.3 is 15.4 Å². The summed E-state index contributed by atoms with van der Waals surface area (Å²) in [5.41, 5.74) is 6.10. The number of aromatic nitrogens is 2. The van der Waals surface area contributed by atoms with Gasteiger partial charge in [-0.1, -0.05) is 13.3 Å². The smallest absolute Gasteiger partial charge is 0.218 e. The van der Waals surface area contributed by atoms with E-state index in [-0.39, 0.29) is 0 Å². The van der Waals surface area contributed by atoms with E-state index in [9.17, 15) is 0 Å². The molecule has 5 heteroatoms. The summed E-state index contributed by atoms with van der Waals surface area (Å²) < 4.78 is 5.12. The molecule has 0 amide bonds. The number of rotatable bonds is 3. The van der Waals surface area contributed by atoms with Gasteiger partial charge in [0.1, 0.15) is 12.1 Å². The number of methoxy groups -OCH3 is 1. The molecule has 2 atom stereocenters. The van der Waals surface area contributed by atoms with Crippen molar-refractivity contribution < 1.29 is 4.74 Å². The fourth-order valence-electron chi connectivity index (χ4n) is 2.30. The van der Waals surface area contributed by atoms with Crippen LogP contribution in [0.2, 0.25) is 0 Å². The van der Waals surface area contributed by atoms with Gasteiger partial charge in [0.25, 0.3) is 0 Å². The van der Waals surface area contributed by atoms with E-state index in [0.29, 0.717) is 17.8 Å². The average molecular weight is 236 g/mol. The molecule has 17 heavy (non-hydrogen) atoms. The second kappa shape index (κ2) is 5.31. The Labute approximate surface area is 102 Å². The molecule has 1 aromatic heterocycles. The van der Waals surface area contributed by atoms with Crippen LogP contribution >= 0.6 is 0 Å². The van der Waals surface area contributed by atoms with Gasteiger partial charge in [-0.3, -0.25) is 0 Å². The van der Waals surface area contributed by atoms with Crippen LogP contribution in [0.3, 0.4) is 0 Å². The number of nitrogens with zero attached hydrogens (tertiary/aromatic N) is 3. The van der Waals surface area contributed by atoms with Gasteiger partial charge in [0.05, 0.1) is 7.11 Å². The molecule has 0 bridgehead atoms. The van der Waals surface area contributed by atoms with Crippen LogP contribution in [-0.2, 0) is 0 Å². The SMILES string of the molecule is CCC1CN(c2cc(OC)ncn2)CCC1N. The fourth-order valence-corrected chi connectivity index (χ4v) is 2.30. The van der Waals surface area contributed by atoms with Gasteiger partial charge in [0.2, 0.25) is 5.88 Å². The van der Waals surface area contributed by atoms with Crippen LogP contribution < -0.4 is 15.4 Å². The molecule has 1 fully saturated rings. The number of anilines is 1. The predicted molar refractivity (Wildman–Crippen MR) is 67.2 cm³/mol. The van der Waals surface area contributed by atoms with E-state index in [1.807, 2.05) is 6.07 Å². The summed E-state index contributed by atoms with van der Waals surface area (Å²) in [6, 6.07) is 2.20. The molecule has 0 saturated carbocycles. The maximum absolute atomic E-state index is 6.10. The number of nitrogens with two attached hydrogens (primary N) is 1. The number of piperidine rings is 1. The van der Waals surface area contributed by atoms with Gasteiger partial charge in [-0.2, -0.15) is 0 Å². The molecular weight excluding hydrogens is 216 g/mol. The quantitative estimate of drug-likeness (QED) is 0.849. The van der Waals surface area contributed by atoms with Gasteiger partial charge in [0.15, 0.2) is 0 Å². The Hall–Kier alpha value is -1.36. The third-order valence-corrected chi connectivity index (χ3v) is 3.48. The molecule has 94 valence electrons. The lowest BCUT2D eigenvalue weighted by atomic mass is 9.91. The summed E-state index contributed by atoms with van der Waals surface area (Å²) >= 11 is 0. The average Bonchev–Trinajstić information content (AvgIpc) is 2.39. The highest BCUT2D eigenvalue weighted by Gasteiger charge is 2.26. The van der Waals surface area contributed by atoms with Gasteiger partial charge in [0, 0.05) is 25.2 Å². The van der Waals surface area contributed by atoms with Crippen molar-refractivity contribution in [1.29, 1.82) is 0 Å². The number of hydrogen-bond donors (Lipinski definition) is 1. The first-order valence-electron chi connectivity index (χ1n) is 6.11. The van der Waals surface area contributed by atoms with Crippen LogP contribution in [0.25, 0.3) is 0 Å². The Morgan fingerprint density at radius 3 is 3.06 bits per heavy atom. The Balaban J connectivity index is 2.11.